The Labute approximate surface area is 89.7 Å². The van der Waals surface area contributed by atoms with Crippen LogP contribution in [0.3, 0.4) is 0 Å². The van der Waals surface area contributed by atoms with E-state index in [4.69, 9.17) is 0 Å². The first kappa shape index (κ1) is 12.0. The zero-order valence-corrected chi connectivity index (χ0v) is 10.2. The summed E-state index contributed by atoms with van der Waals surface area (Å²) in [4.78, 5) is 0. The van der Waals surface area contributed by atoms with Gasteiger partial charge in [-0.25, -0.2) is 0 Å². The quantitative estimate of drug-likeness (QED) is 0.640. The summed E-state index contributed by atoms with van der Waals surface area (Å²) in [7, 11) is 2.10. The van der Waals surface area contributed by atoms with Crippen LogP contribution in [-0.2, 0) is 0 Å². The molecule has 0 bridgehead atoms. The Balaban J connectivity index is 2.16. The number of hydrogen-bond donors (Lipinski definition) is 1. The van der Waals surface area contributed by atoms with Crippen LogP contribution >= 0.6 is 0 Å². The summed E-state index contributed by atoms with van der Waals surface area (Å²) in [5, 5.41) is 3.42. The third-order valence-corrected chi connectivity index (χ3v) is 3.88. The molecule has 1 aliphatic carbocycles. The lowest BCUT2D eigenvalue weighted by Crippen LogP contribution is -2.23. The van der Waals surface area contributed by atoms with Gasteiger partial charge in [-0.3, -0.25) is 0 Å². The van der Waals surface area contributed by atoms with E-state index in [0.717, 1.165) is 6.04 Å². The minimum Gasteiger partial charge on any atom is -0.317 e. The third-order valence-electron chi connectivity index (χ3n) is 3.88. The topological polar surface area (TPSA) is 12.0 Å². The van der Waals surface area contributed by atoms with Crippen LogP contribution < -0.4 is 5.32 Å². The Hall–Kier alpha value is -0.0400. The average molecular weight is 197 g/mol. The summed E-state index contributed by atoms with van der Waals surface area (Å²) >= 11 is 0. The molecule has 1 aliphatic rings. The van der Waals surface area contributed by atoms with Crippen LogP contribution in [-0.4, -0.2) is 13.1 Å². The van der Waals surface area contributed by atoms with Crippen LogP contribution in [0.1, 0.15) is 65.2 Å². The van der Waals surface area contributed by atoms with Crippen molar-refractivity contribution in [3.63, 3.8) is 0 Å². The monoisotopic (exact) mass is 197 g/mol. The van der Waals surface area contributed by atoms with Gasteiger partial charge in [0, 0.05) is 6.04 Å². The molecule has 1 N–H and O–H groups in total. The molecule has 1 heteroatoms. The number of unbranched alkanes of at least 4 members (excludes halogenated alkanes) is 3. The molecule has 0 amide bonds. The SMILES string of the molecule is CCCCCCC1(C)CCC(NC)C1. The zero-order valence-electron chi connectivity index (χ0n) is 10.2. The molecule has 14 heavy (non-hydrogen) atoms. The molecular formula is C13H27N. The lowest BCUT2D eigenvalue weighted by Gasteiger charge is -2.24. The molecule has 0 aliphatic heterocycles. The zero-order chi connectivity index (χ0) is 10.4. The summed E-state index contributed by atoms with van der Waals surface area (Å²) in [6.07, 6.45) is 11.3. The van der Waals surface area contributed by atoms with Crippen molar-refractivity contribution in [3.8, 4) is 0 Å². The molecule has 0 saturated heterocycles. The maximum absolute atomic E-state index is 3.42. The Morgan fingerprint density at radius 2 is 2.07 bits per heavy atom. The lowest BCUT2D eigenvalue weighted by atomic mass is 9.83. The minimum atomic E-state index is 0.654. The highest BCUT2D eigenvalue weighted by Crippen LogP contribution is 2.41. The molecule has 1 saturated carbocycles. The van der Waals surface area contributed by atoms with Gasteiger partial charge in [-0.15, -0.1) is 0 Å². The predicted molar refractivity (Wildman–Crippen MR) is 63.6 cm³/mol. The van der Waals surface area contributed by atoms with Crippen LogP contribution in [0.4, 0.5) is 0 Å². The first-order chi connectivity index (χ1) is 6.70. The fraction of sp³-hybridized carbons (Fsp3) is 1.00. The van der Waals surface area contributed by atoms with E-state index in [-0.39, 0.29) is 0 Å². The highest BCUT2D eigenvalue weighted by molar-refractivity contribution is 4.88. The minimum absolute atomic E-state index is 0.654. The number of nitrogens with one attached hydrogen (secondary N) is 1. The van der Waals surface area contributed by atoms with Crippen molar-refractivity contribution in [1.29, 1.82) is 0 Å². The molecule has 2 atom stereocenters. The van der Waals surface area contributed by atoms with E-state index >= 15 is 0 Å². The molecular weight excluding hydrogens is 170 g/mol. The van der Waals surface area contributed by atoms with Crippen molar-refractivity contribution >= 4 is 0 Å². The first-order valence-corrected chi connectivity index (χ1v) is 6.37. The number of rotatable bonds is 6. The van der Waals surface area contributed by atoms with Gasteiger partial charge in [-0.05, 0) is 38.1 Å². The van der Waals surface area contributed by atoms with Crippen molar-refractivity contribution < 1.29 is 0 Å². The molecule has 1 nitrogen and oxygen atoms in total. The molecule has 0 heterocycles. The lowest BCUT2D eigenvalue weighted by molar-refractivity contribution is 0.287. The largest absolute Gasteiger partial charge is 0.317 e. The third kappa shape index (κ3) is 3.61. The molecule has 0 aromatic rings. The van der Waals surface area contributed by atoms with Crippen molar-refractivity contribution in [1.82, 2.24) is 5.32 Å². The van der Waals surface area contributed by atoms with Crippen molar-refractivity contribution in [2.45, 2.75) is 71.3 Å². The van der Waals surface area contributed by atoms with Gasteiger partial charge in [0.2, 0.25) is 0 Å². The smallest absolute Gasteiger partial charge is 0.00694 e. The van der Waals surface area contributed by atoms with Gasteiger partial charge in [0.25, 0.3) is 0 Å². The average Bonchev–Trinajstić information content (AvgIpc) is 2.56. The van der Waals surface area contributed by atoms with Gasteiger partial charge in [-0.2, -0.15) is 0 Å². The van der Waals surface area contributed by atoms with Crippen molar-refractivity contribution in [2.75, 3.05) is 7.05 Å². The second kappa shape index (κ2) is 5.75. The highest BCUT2D eigenvalue weighted by Gasteiger charge is 2.33. The van der Waals surface area contributed by atoms with Gasteiger partial charge in [0.1, 0.15) is 0 Å². The molecule has 0 aromatic heterocycles. The van der Waals surface area contributed by atoms with Gasteiger partial charge in [0.15, 0.2) is 0 Å². The van der Waals surface area contributed by atoms with E-state index in [1.165, 1.54) is 51.4 Å². The van der Waals surface area contributed by atoms with E-state index in [1.807, 2.05) is 0 Å². The standard InChI is InChI=1S/C13H27N/c1-4-5-6-7-9-13(2)10-8-12(11-13)14-3/h12,14H,4-11H2,1-3H3. The molecule has 1 rings (SSSR count). The first-order valence-electron chi connectivity index (χ1n) is 6.37. The van der Waals surface area contributed by atoms with E-state index < -0.39 is 0 Å². The fourth-order valence-corrected chi connectivity index (χ4v) is 2.77. The van der Waals surface area contributed by atoms with E-state index in [9.17, 15) is 0 Å². The van der Waals surface area contributed by atoms with E-state index in [1.54, 1.807) is 0 Å². The Morgan fingerprint density at radius 3 is 2.64 bits per heavy atom. The summed E-state index contributed by atoms with van der Waals surface area (Å²) in [5.41, 5.74) is 0.654. The maximum Gasteiger partial charge on any atom is 0.00694 e. The van der Waals surface area contributed by atoms with Crippen LogP contribution in [0, 0.1) is 5.41 Å². The van der Waals surface area contributed by atoms with Crippen LogP contribution in [0.5, 0.6) is 0 Å². The molecule has 84 valence electrons. The summed E-state index contributed by atoms with van der Waals surface area (Å²) in [6.45, 7) is 4.77. The van der Waals surface area contributed by atoms with Crippen molar-refractivity contribution in [2.24, 2.45) is 5.41 Å². The Morgan fingerprint density at radius 1 is 1.29 bits per heavy atom. The fourth-order valence-electron chi connectivity index (χ4n) is 2.77. The van der Waals surface area contributed by atoms with Crippen LogP contribution in [0.25, 0.3) is 0 Å². The summed E-state index contributed by atoms with van der Waals surface area (Å²) in [6, 6.07) is 0.797. The highest BCUT2D eigenvalue weighted by atomic mass is 14.9. The van der Waals surface area contributed by atoms with Crippen molar-refractivity contribution in [3.05, 3.63) is 0 Å². The summed E-state index contributed by atoms with van der Waals surface area (Å²) < 4.78 is 0. The second-order valence-corrected chi connectivity index (χ2v) is 5.35. The molecule has 1 fully saturated rings. The molecule has 0 aromatic carbocycles. The van der Waals surface area contributed by atoms with Gasteiger partial charge < -0.3 is 5.32 Å². The van der Waals surface area contributed by atoms with Gasteiger partial charge >= 0.3 is 0 Å². The second-order valence-electron chi connectivity index (χ2n) is 5.35. The van der Waals surface area contributed by atoms with Gasteiger partial charge in [0.05, 0.1) is 0 Å². The van der Waals surface area contributed by atoms with E-state index in [0.29, 0.717) is 5.41 Å². The normalized spacial score (nSPS) is 32.4. The Bertz CT molecular complexity index is 155. The molecule has 0 spiro atoms. The molecule has 2 unspecified atom stereocenters. The van der Waals surface area contributed by atoms with Gasteiger partial charge in [-0.1, -0.05) is 39.5 Å². The van der Waals surface area contributed by atoms with E-state index in [2.05, 4.69) is 26.2 Å². The van der Waals surface area contributed by atoms with Crippen LogP contribution in [0.15, 0.2) is 0 Å². The maximum atomic E-state index is 3.42. The number of hydrogen-bond acceptors (Lipinski definition) is 1. The van der Waals surface area contributed by atoms with Crippen LogP contribution in [0.2, 0.25) is 0 Å². The molecule has 0 radical (unpaired) electrons. The summed E-state index contributed by atoms with van der Waals surface area (Å²) in [5.74, 6) is 0. The Kier molecular flexibility index (Phi) is 4.94. The predicted octanol–water partition coefficient (Wildman–Crippen LogP) is 3.74.